The fraction of sp³-hybridized carbons (Fsp3) is 0.333. The monoisotopic (exact) mass is 739 g/mol. The number of aromatic carboxylic acids is 1. The first-order valence-corrected chi connectivity index (χ1v) is 17.8. The standard InChI is InChI=1S/C33H34F4N3O8PS/c1-2-3-4-5-6-7-10-21-14-15-24(17-27(21)33(35,36)37)40(31-39-28(29(34)50-31)22-12-9-16-38-18-22)32(43)47-20-26-23(19-48-49(44,45)46)11-8-13-25(26)30(41)42/h8-9,11-18H,2-7,10,19-20H2,1H3,(H,41,42)(H2,44,45,46). The number of anilines is 2. The van der Waals surface area contributed by atoms with Crippen LogP contribution in [-0.4, -0.2) is 36.9 Å². The van der Waals surface area contributed by atoms with Crippen molar-refractivity contribution < 1.29 is 55.9 Å². The maximum absolute atomic E-state index is 15.3. The Kier molecular flexibility index (Phi) is 13.2. The first kappa shape index (κ1) is 38.6. The topological polar surface area (TPSA) is 159 Å². The summed E-state index contributed by atoms with van der Waals surface area (Å²) >= 11 is 0.363. The number of alkyl halides is 3. The number of nitrogens with zero attached hydrogens (tertiary/aromatic N) is 3. The van der Waals surface area contributed by atoms with Crippen molar-refractivity contribution in [1.82, 2.24) is 9.97 Å². The molecule has 0 aliphatic rings. The quantitative estimate of drug-likeness (QED) is 0.0575. The second-order valence-corrected chi connectivity index (χ2v) is 13.3. The molecule has 2 heterocycles. The molecule has 0 unspecified atom stereocenters. The van der Waals surface area contributed by atoms with Gasteiger partial charge in [-0.1, -0.05) is 68.6 Å². The van der Waals surface area contributed by atoms with E-state index in [0.717, 1.165) is 44.2 Å². The molecule has 268 valence electrons. The molecule has 0 saturated heterocycles. The maximum atomic E-state index is 15.3. The van der Waals surface area contributed by atoms with Gasteiger partial charge in [-0.15, -0.1) is 0 Å². The van der Waals surface area contributed by atoms with Gasteiger partial charge in [-0.05, 0) is 54.3 Å². The van der Waals surface area contributed by atoms with E-state index in [0.29, 0.717) is 22.7 Å². The van der Waals surface area contributed by atoms with Gasteiger partial charge in [0.15, 0.2) is 0 Å². The number of hydrogen-bond acceptors (Lipinski definition) is 8. The molecule has 0 aliphatic carbocycles. The minimum atomic E-state index is -4.99. The molecule has 2 aromatic carbocycles. The number of benzene rings is 2. The lowest BCUT2D eigenvalue weighted by molar-refractivity contribution is -0.138. The predicted molar refractivity (Wildman–Crippen MR) is 176 cm³/mol. The van der Waals surface area contributed by atoms with Crippen molar-refractivity contribution in [3.05, 3.63) is 93.9 Å². The highest BCUT2D eigenvalue weighted by Crippen LogP contribution is 2.41. The number of pyridine rings is 1. The molecule has 4 rings (SSSR count). The van der Waals surface area contributed by atoms with Crippen molar-refractivity contribution >= 4 is 42.0 Å². The zero-order chi connectivity index (χ0) is 36.5. The highest BCUT2D eigenvalue weighted by Gasteiger charge is 2.35. The summed E-state index contributed by atoms with van der Waals surface area (Å²) in [6, 6.07) is 10.00. The van der Waals surface area contributed by atoms with Crippen LogP contribution in [0.15, 0.2) is 60.9 Å². The Morgan fingerprint density at radius 1 is 0.980 bits per heavy atom. The molecule has 3 N–H and O–H groups in total. The van der Waals surface area contributed by atoms with Crippen LogP contribution in [0, 0.1) is 5.13 Å². The van der Waals surface area contributed by atoms with E-state index in [4.69, 9.17) is 14.5 Å². The summed E-state index contributed by atoms with van der Waals surface area (Å²) in [4.78, 5) is 52.8. The lowest BCUT2D eigenvalue weighted by atomic mass is 9.99. The van der Waals surface area contributed by atoms with Gasteiger partial charge in [-0.3, -0.25) is 9.51 Å². The average molecular weight is 740 g/mol. The summed E-state index contributed by atoms with van der Waals surface area (Å²) in [7, 11) is -4.99. The molecule has 0 radical (unpaired) electrons. The van der Waals surface area contributed by atoms with E-state index in [9.17, 15) is 32.4 Å². The number of phosphoric ester groups is 1. The number of thiazole rings is 1. The number of carbonyl (C=O) groups is 2. The zero-order valence-corrected chi connectivity index (χ0v) is 28.4. The number of phosphoric acid groups is 1. The Hall–Kier alpha value is -4.21. The molecule has 0 atom stereocenters. The number of aromatic nitrogens is 2. The summed E-state index contributed by atoms with van der Waals surface area (Å²) in [6.07, 6.45) is 1.94. The van der Waals surface area contributed by atoms with Gasteiger partial charge in [-0.25, -0.2) is 24.0 Å². The van der Waals surface area contributed by atoms with E-state index in [-0.39, 0.29) is 45.2 Å². The van der Waals surface area contributed by atoms with Gasteiger partial charge in [0.2, 0.25) is 10.3 Å². The van der Waals surface area contributed by atoms with Gasteiger partial charge >= 0.3 is 26.1 Å². The molecule has 50 heavy (non-hydrogen) atoms. The number of rotatable bonds is 16. The first-order chi connectivity index (χ1) is 23.7. The molecular weight excluding hydrogens is 705 g/mol. The van der Waals surface area contributed by atoms with Gasteiger partial charge in [0, 0.05) is 23.5 Å². The van der Waals surface area contributed by atoms with E-state index < -0.39 is 55.5 Å². The van der Waals surface area contributed by atoms with E-state index in [1.165, 1.54) is 48.8 Å². The second-order valence-electron chi connectivity index (χ2n) is 11.1. The molecule has 0 bridgehead atoms. The minimum absolute atomic E-state index is 0.0107. The molecule has 11 nitrogen and oxygen atoms in total. The van der Waals surface area contributed by atoms with Crippen LogP contribution in [0.5, 0.6) is 0 Å². The Balaban J connectivity index is 1.73. The van der Waals surface area contributed by atoms with Gasteiger partial charge in [-0.2, -0.15) is 17.6 Å². The van der Waals surface area contributed by atoms with Crippen LogP contribution >= 0.6 is 19.2 Å². The predicted octanol–water partition coefficient (Wildman–Crippen LogP) is 9.05. The molecule has 1 amide bonds. The first-order valence-electron chi connectivity index (χ1n) is 15.5. The van der Waals surface area contributed by atoms with Crippen LogP contribution in [0.25, 0.3) is 11.3 Å². The normalized spacial score (nSPS) is 11.8. The van der Waals surface area contributed by atoms with Gasteiger partial charge in [0.05, 0.1) is 23.4 Å². The van der Waals surface area contributed by atoms with Crippen LogP contribution in [0.4, 0.5) is 33.2 Å². The molecule has 0 spiro atoms. The van der Waals surface area contributed by atoms with E-state index in [1.807, 2.05) is 0 Å². The average Bonchev–Trinajstić information content (AvgIpc) is 3.45. The molecule has 4 aromatic rings. The van der Waals surface area contributed by atoms with Crippen molar-refractivity contribution in [2.24, 2.45) is 0 Å². The highest BCUT2D eigenvalue weighted by atomic mass is 32.1. The lowest BCUT2D eigenvalue weighted by Gasteiger charge is -2.23. The van der Waals surface area contributed by atoms with Crippen LogP contribution in [0.2, 0.25) is 0 Å². The molecular formula is C33H34F4N3O8PS. The highest BCUT2D eigenvalue weighted by molar-refractivity contribution is 7.46. The number of carbonyl (C=O) groups excluding carboxylic acids is 1. The SMILES string of the molecule is CCCCCCCCc1ccc(N(C(=O)OCc2c(COP(=O)(O)O)cccc2C(=O)O)c2nc(-c3cccnc3)c(F)s2)cc1C(F)(F)F. The van der Waals surface area contributed by atoms with E-state index >= 15 is 4.39 Å². The summed E-state index contributed by atoms with van der Waals surface area (Å²) in [5.74, 6) is -1.47. The molecule has 0 fully saturated rings. The Labute approximate surface area is 288 Å². The summed E-state index contributed by atoms with van der Waals surface area (Å²) < 4.78 is 79.7. The van der Waals surface area contributed by atoms with Crippen LogP contribution in [0.3, 0.4) is 0 Å². The second kappa shape index (κ2) is 17.1. The number of carboxylic acids is 1. The third kappa shape index (κ3) is 10.4. The maximum Gasteiger partial charge on any atom is 0.469 e. The van der Waals surface area contributed by atoms with Crippen molar-refractivity contribution in [1.29, 1.82) is 0 Å². The van der Waals surface area contributed by atoms with E-state index in [1.54, 1.807) is 0 Å². The Morgan fingerprint density at radius 3 is 2.38 bits per heavy atom. The van der Waals surface area contributed by atoms with Gasteiger partial charge < -0.3 is 19.6 Å². The molecule has 0 saturated carbocycles. The van der Waals surface area contributed by atoms with Crippen LogP contribution in [-0.2, 0) is 39.6 Å². The Morgan fingerprint density at radius 2 is 1.72 bits per heavy atom. The number of carboxylic acid groups (broad SMARTS) is 1. The molecule has 17 heteroatoms. The summed E-state index contributed by atoms with van der Waals surface area (Å²) in [6.45, 7) is 0.486. The number of hydrogen-bond donors (Lipinski definition) is 3. The van der Waals surface area contributed by atoms with Crippen molar-refractivity contribution in [2.45, 2.75) is 71.3 Å². The molecule has 2 aromatic heterocycles. The minimum Gasteiger partial charge on any atom is -0.478 e. The largest absolute Gasteiger partial charge is 0.478 e. The number of amides is 1. The number of aryl methyl sites for hydroxylation is 1. The van der Waals surface area contributed by atoms with Gasteiger partial charge in [0.1, 0.15) is 12.3 Å². The van der Waals surface area contributed by atoms with Crippen molar-refractivity contribution in [2.75, 3.05) is 4.90 Å². The lowest BCUT2D eigenvalue weighted by Crippen LogP contribution is -2.27. The zero-order valence-electron chi connectivity index (χ0n) is 26.7. The summed E-state index contributed by atoms with van der Waals surface area (Å²) in [5, 5.41) is 8.48. The fourth-order valence-electron chi connectivity index (χ4n) is 5.14. The van der Waals surface area contributed by atoms with Crippen LogP contribution in [0.1, 0.15) is 78.1 Å². The third-order valence-electron chi connectivity index (χ3n) is 7.57. The number of halogens is 4. The van der Waals surface area contributed by atoms with Crippen molar-refractivity contribution in [3.63, 3.8) is 0 Å². The van der Waals surface area contributed by atoms with Gasteiger partial charge in [0.25, 0.3) is 0 Å². The Bertz CT molecular complexity index is 1840. The van der Waals surface area contributed by atoms with E-state index in [2.05, 4.69) is 21.4 Å². The van der Waals surface area contributed by atoms with Crippen LogP contribution < -0.4 is 4.90 Å². The number of ether oxygens (including phenoxy) is 1. The van der Waals surface area contributed by atoms with Crippen molar-refractivity contribution in [3.8, 4) is 11.3 Å². The fourth-order valence-corrected chi connectivity index (χ4v) is 6.27. The summed E-state index contributed by atoms with van der Waals surface area (Å²) in [5.41, 5.74) is -1.98. The molecule has 0 aliphatic heterocycles. The number of unbranched alkanes of at least 4 members (excludes halogenated alkanes) is 5. The smallest absolute Gasteiger partial charge is 0.469 e. The third-order valence-corrected chi connectivity index (χ3v) is 8.87.